The van der Waals surface area contributed by atoms with Gasteiger partial charge in [0.15, 0.2) is 12.4 Å². The van der Waals surface area contributed by atoms with Gasteiger partial charge in [-0.15, -0.1) is 11.8 Å². The summed E-state index contributed by atoms with van der Waals surface area (Å²) in [6, 6.07) is 23.6. The average Bonchev–Trinajstić information content (AvgIpc) is 2.78. The molecule has 1 N–H and O–H groups in total. The van der Waals surface area contributed by atoms with Crippen LogP contribution in [0.4, 0.5) is 5.69 Å². The van der Waals surface area contributed by atoms with E-state index in [1.165, 1.54) is 11.8 Å². The zero-order chi connectivity index (χ0) is 20.5. The lowest BCUT2D eigenvalue weighted by molar-refractivity contribution is -0.118. The van der Waals surface area contributed by atoms with Crippen molar-refractivity contribution in [3.63, 3.8) is 0 Å². The fraction of sp³-hybridized carbons (Fsp3) is 0.130. The topological polar surface area (TPSA) is 64.6 Å². The second-order valence-electron chi connectivity index (χ2n) is 6.11. The van der Waals surface area contributed by atoms with E-state index in [9.17, 15) is 9.59 Å². The predicted molar refractivity (Wildman–Crippen MR) is 115 cm³/mol. The van der Waals surface area contributed by atoms with Crippen molar-refractivity contribution in [3.05, 3.63) is 84.4 Å². The van der Waals surface area contributed by atoms with Gasteiger partial charge in [0.25, 0.3) is 5.91 Å². The van der Waals surface area contributed by atoms with Crippen LogP contribution in [0.2, 0.25) is 0 Å². The minimum atomic E-state index is -0.232. The van der Waals surface area contributed by atoms with Crippen molar-refractivity contribution in [1.29, 1.82) is 0 Å². The summed E-state index contributed by atoms with van der Waals surface area (Å²) in [6.07, 6.45) is 0. The van der Waals surface area contributed by atoms with Crippen molar-refractivity contribution < 1.29 is 19.1 Å². The highest BCUT2D eigenvalue weighted by molar-refractivity contribution is 8.00. The van der Waals surface area contributed by atoms with Gasteiger partial charge >= 0.3 is 0 Å². The van der Waals surface area contributed by atoms with E-state index in [4.69, 9.17) is 9.47 Å². The smallest absolute Gasteiger partial charge is 0.262 e. The van der Waals surface area contributed by atoms with Crippen LogP contribution in [0.5, 0.6) is 11.5 Å². The summed E-state index contributed by atoms with van der Waals surface area (Å²) >= 11 is 1.45. The van der Waals surface area contributed by atoms with Gasteiger partial charge in [-0.2, -0.15) is 0 Å². The molecule has 5 nitrogen and oxygen atoms in total. The molecule has 3 aromatic rings. The SMILES string of the molecule is COc1ccc(C(=O)CSc2ccc(NC(=O)COc3ccccc3)cc2)cc1. The first kappa shape index (κ1) is 20.5. The Kier molecular flexibility index (Phi) is 7.30. The van der Waals surface area contributed by atoms with Gasteiger partial charge in [0.2, 0.25) is 0 Å². The molecule has 0 aliphatic carbocycles. The lowest BCUT2D eigenvalue weighted by Gasteiger charge is -2.08. The van der Waals surface area contributed by atoms with Crippen molar-refractivity contribution in [2.45, 2.75) is 4.90 Å². The number of carbonyl (C=O) groups excluding carboxylic acids is 2. The predicted octanol–water partition coefficient (Wildman–Crippen LogP) is 4.69. The minimum absolute atomic E-state index is 0.0492. The van der Waals surface area contributed by atoms with Crippen molar-refractivity contribution in [1.82, 2.24) is 0 Å². The molecular weight excluding hydrogens is 386 g/mol. The van der Waals surface area contributed by atoms with E-state index in [-0.39, 0.29) is 18.3 Å². The number of thioether (sulfide) groups is 1. The van der Waals surface area contributed by atoms with Crippen molar-refractivity contribution in [2.24, 2.45) is 0 Å². The van der Waals surface area contributed by atoms with Crippen LogP contribution in [-0.4, -0.2) is 31.2 Å². The summed E-state index contributed by atoms with van der Waals surface area (Å²) in [6.45, 7) is -0.0587. The third kappa shape index (κ3) is 6.40. The summed E-state index contributed by atoms with van der Waals surface area (Å²) in [7, 11) is 1.59. The molecule has 0 aromatic heterocycles. The number of ether oxygens (including phenoxy) is 2. The number of amides is 1. The molecular formula is C23H21NO4S. The number of methoxy groups -OCH3 is 1. The molecule has 0 spiro atoms. The molecule has 3 rings (SSSR count). The van der Waals surface area contributed by atoms with E-state index in [1.807, 2.05) is 30.3 Å². The summed E-state index contributed by atoms with van der Waals surface area (Å²) in [4.78, 5) is 25.2. The maximum absolute atomic E-state index is 12.3. The molecule has 3 aromatic carbocycles. The number of rotatable bonds is 9. The average molecular weight is 407 g/mol. The summed E-state index contributed by atoms with van der Waals surface area (Å²) in [5, 5.41) is 2.79. The van der Waals surface area contributed by atoms with Crippen molar-refractivity contribution in [3.8, 4) is 11.5 Å². The Hall–Kier alpha value is -3.25. The first-order chi connectivity index (χ1) is 14.1. The Morgan fingerprint density at radius 1 is 0.862 bits per heavy atom. The minimum Gasteiger partial charge on any atom is -0.497 e. The molecule has 0 heterocycles. The van der Waals surface area contributed by atoms with Crippen LogP contribution in [0, 0.1) is 0 Å². The fourth-order valence-corrected chi connectivity index (χ4v) is 3.30. The Morgan fingerprint density at radius 2 is 1.55 bits per heavy atom. The van der Waals surface area contributed by atoms with Gasteiger partial charge in [-0.1, -0.05) is 18.2 Å². The van der Waals surface area contributed by atoms with Crippen LogP contribution in [-0.2, 0) is 4.79 Å². The molecule has 0 bridgehead atoms. The first-order valence-corrected chi connectivity index (χ1v) is 10.0. The van der Waals surface area contributed by atoms with Gasteiger partial charge in [0.1, 0.15) is 11.5 Å². The molecule has 0 aliphatic heterocycles. The van der Waals surface area contributed by atoms with E-state index in [0.717, 1.165) is 10.6 Å². The number of ketones is 1. The summed E-state index contributed by atoms with van der Waals surface area (Å²) in [5.74, 6) is 1.53. The zero-order valence-corrected chi connectivity index (χ0v) is 16.8. The number of nitrogens with one attached hydrogen (secondary N) is 1. The monoisotopic (exact) mass is 407 g/mol. The quantitative estimate of drug-likeness (QED) is 0.412. The van der Waals surface area contributed by atoms with Crippen LogP contribution in [0.1, 0.15) is 10.4 Å². The van der Waals surface area contributed by atoms with Crippen LogP contribution in [0.25, 0.3) is 0 Å². The van der Waals surface area contributed by atoms with Gasteiger partial charge in [0, 0.05) is 16.1 Å². The van der Waals surface area contributed by atoms with Gasteiger partial charge in [0.05, 0.1) is 12.9 Å². The number of para-hydroxylation sites is 1. The molecule has 0 saturated carbocycles. The molecule has 0 aliphatic rings. The number of carbonyl (C=O) groups is 2. The van der Waals surface area contributed by atoms with Crippen molar-refractivity contribution in [2.75, 3.05) is 24.8 Å². The maximum Gasteiger partial charge on any atom is 0.262 e. The highest BCUT2D eigenvalue weighted by atomic mass is 32.2. The van der Waals surface area contributed by atoms with Crippen LogP contribution < -0.4 is 14.8 Å². The second-order valence-corrected chi connectivity index (χ2v) is 7.16. The first-order valence-electron chi connectivity index (χ1n) is 9.02. The lowest BCUT2D eigenvalue weighted by atomic mass is 10.1. The fourth-order valence-electron chi connectivity index (χ4n) is 2.51. The number of Topliss-reactive ketones (excluding diaryl/α,β-unsaturated/α-hetero) is 1. The number of hydrogen-bond acceptors (Lipinski definition) is 5. The Bertz CT molecular complexity index is 941. The highest BCUT2D eigenvalue weighted by Gasteiger charge is 2.08. The molecule has 1 amide bonds. The molecule has 0 saturated heterocycles. The highest BCUT2D eigenvalue weighted by Crippen LogP contribution is 2.22. The lowest BCUT2D eigenvalue weighted by Crippen LogP contribution is -2.20. The second kappa shape index (κ2) is 10.3. The normalized spacial score (nSPS) is 10.2. The number of anilines is 1. The standard InChI is InChI=1S/C23H21NO4S/c1-27-19-11-7-17(8-12-19)22(25)16-29-21-13-9-18(10-14-21)24-23(26)15-28-20-5-3-2-4-6-20/h2-14H,15-16H2,1H3,(H,24,26). The van der Waals surface area contributed by atoms with Crippen LogP contribution >= 0.6 is 11.8 Å². The van der Waals surface area contributed by atoms with E-state index < -0.39 is 0 Å². The summed E-state index contributed by atoms with van der Waals surface area (Å²) in [5.41, 5.74) is 1.33. The largest absolute Gasteiger partial charge is 0.497 e. The van der Waals surface area contributed by atoms with Gasteiger partial charge in [-0.05, 0) is 60.7 Å². The number of hydrogen-bond donors (Lipinski definition) is 1. The third-order valence-electron chi connectivity index (χ3n) is 4.03. The molecule has 29 heavy (non-hydrogen) atoms. The van der Waals surface area contributed by atoms with E-state index >= 15 is 0 Å². The Balaban J connectivity index is 1.45. The third-order valence-corrected chi connectivity index (χ3v) is 5.05. The van der Waals surface area contributed by atoms with Gasteiger partial charge in [-0.25, -0.2) is 0 Å². The van der Waals surface area contributed by atoms with Gasteiger partial charge < -0.3 is 14.8 Å². The van der Waals surface area contributed by atoms with E-state index in [2.05, 4.69) is 5.32 Å². The molecule has 0 fully saturated rings. The Morgan fingerprint density at radius 3 is 2.21 bits per heavy atom. The molecule has 0 atom stereocenters. The van der Waals surface area contributed by atoms with Crippen molar-refractivity contribution >= 4 is 29.1 Å². The maximum atomic E-state index is 12.3. The van der Waals surface area contributed by atoms with E-state index in [1.54, 1.807) is 55.6 Å². The zero-order valence-electron chi connectivity index (χ0n) is 16.0. The molecule has 6 heteroatoms. The molecule has 0 unspecified atom stereocenters. The summed E-state index contributed by atoms with van der Waals surface area (Å²) < 4.78 is 10.5. The van der Waals surface area contributed by atoms with E-state index in [0.29, 0.717) is 22.8 Å². The Labute approximate surface area is 174 Å². The molecule has 148 valence electrons. The van der Waals surface area contributed by atoms with Crippen LogP contribution in [0.3, 0.4) is 0 Å². The number of benzene rings is 3. The van der Waals surface area contributed by atoms with Crippen LogP contribution in [0.15, 0.2) is 83.8 Å². The van der Waals surface area contributed by atoms with Gasteiger partial charge in [-0.3, -0.25) is 9.59 Å². The molecule has 0 radical (unpaired) electrons.